The number of hydrogen-bond donors (Lipinski definition) is 0. The van der Waals surface area contributed by atoms with E-state index in [0.29, 0.717) is 13.2 Å². The average molecular weight is 490 g/mol. The lowest BCUT2D eigenvalue weighted by Crippen LogP contribution is -2.42. The molecule has 0 aliphatic carbocycles. The number of amides is 1. The maximum atomic E-state index is 13.2. The Morgan fingerprint density at radius 2 is 1.82 bits per heavy atom. The molecule has 0 saturated carbocycles. The highest BCUT2D eigenvalue weighted by molar-refractivity contribution is 6.74. The third kappa shape index (κ3) is 8.24. The maximum absolute atomic E-state index is 13.2. The molecule has 0 bridgehead atoms. The molecule has 1 saturated heterocycles. The Balaban J connectivity index is 2.22. The molecular formula is C28H47NO4Si. The van der Waals surface area contributed by atoms with Gasteiger partial charge in [-0.15, -0.1) is 0 Å². The highest BCUT2D eigenvalue weighted by Gasteiger charge is 2.40. The summed E-state index contributed by atoms with van der Waals surface area (Å²) in [6, 6.07) is 9.86. The molecule has 6 heteroatoms. The van der Waals surface area contributed by atoms with Crippen LogP contribution in [0.1, 0.15) is 79.3 Å². The van der Waals surface area contributed by atoms with Crippen LogP contribution in [0.2, 0.25) is 18.1 Å². The number of nitrogens with zero attached hydrogens (tertiary/aromatic N) is 1. The number of carbonyl (C=O) groups excluding carboxylic acids is 1. The normalized spacial score (nSPS) is 20.7. The summed E-state index contributed by atoms with van der Waals surface area (Å²) in [5, 5.41) is 0.178. The van der Waals surface area contributed by atoms with Crippen LogP contribution in [0.15, 0.2) is 42.5 Å². The lowest BCUT2D eigenvalue weighted by molar-refractivity contribution is 0.000788. The van der Waals surface area contributed by atoms with Gasteiger partial charge in [-0.25, -0.2) is 4.79 Å². The van der Waals surface area contributed by atoms with Crippen molar-refractivity contribution in [3.63, 3.8) is 0 Å². The summed E-state index contributed by atoms with van der Waals surface area (Å²) in [4.78, 5) is 14.9. The van der Waals surface area contributed by atoms with E-state index in [2.05, 4.69) is 46.9 Å². The number of ether oxygens (including phenoxy) is 2. The lowest BCUT2D eigenvalue weighted by atomic mass is 10.0. The van der Waals surface area contributed by atoms with E-state index in [9.17, 15) is 4.79 Å². The SMILES string of the molecule is CCCC[C@@H](/C=C/[C@H]1OC[C@@H](c2ccccc2)N1C(=O)OC(C)(C)C)CO[Si](C)(C)C(C)(C)C. The highest BCUT2D eigenvalue weighted by Crippen LogP contribution is 2.37. The molecule has 2 rings (SSSR count). The summed E-state index contributed by atoms with van der Waals surface area (Å²) in [5.74, 6) is 0.286. The minimum atomic E-state index is -1.83. The second-order valence-corrected chi connectivity index (χ2v) is 16.7. The molecule has 192 valence electrons. The topological polar surface area (TPSA) is 48.0 Å². The van der Waals surface area contributed by atoms with Gasteiger partial charge in [0.25, 0.3) is 0 Å². The van der Waals surface area contributed by atoms with Crippen LogP contribution in [0.5, 0.6) is 0 Å². The van der Waals surface area contributed by atoms with Crippen molar-refractivity contribution in [1.29, 1.82) is 0 Å². The van der Waals surface area contributed by atoms with Gasteiger partial charge in [-0.1, -0.05) is 76.9 Å². The van der Waals surface area contributed by atoms with E-state index < -0.39 is 20.1 Å². The van der Waals surface area contributed by atoms with Crippen molar-refractivity contribution in [3.05, 3.63) is 48.0 Å². The van der Waals surface area contributed by atoms with Gasteiger partial charge < -0.3 is 13.9 Å². The number of benzene rings is 1. The molecule has 1 aromatic rings. The summed E-state index contributed by atoms with van der Waals surface area (Å²) in [6.07, 6.45) is 6.76. The van der Waals surface area contributed by atoms with Crippen molar-refractivity contribution >= 4 is 14.4 Å². The molecule has 1 fully saturated rings. The van der Waals surface area contributed by atoms with Gasteiger partial charge in [0.2, 0.25) is 0 Å². The number of carbonyl (C=O) groups is 1. The highest BCUT2D eigenvalue weighted by atomic mass is 28.4. The molecule has 1 aromatic carbocycles. The molecule has 5 nitrogen and oxygen atoms in total. The van der Waals surface area contributed by atoms with E-state index in [1.807, 2.05) is 57.2 Å². The Kier molecular flexibility index (Phi) is 9.98. The summed E-state index contributed by atoms with van der Waals surface area (Å²) >= 11 is 0. The first-order valence-electron chi connectivity index (χ1n) is 12.8. The van der Waals surface area contributed by atoms with Crippen LogP contribution in [-0.2, 0) is 13.9 Å². The predicted molar refractivity (Wildman–Crippen MR) is 142 cm³/mol. The quantitative estimate of drug-likeness (QED) is 0.263. The predicted octanol–water partition coefficient (Wildman–Crippen LogP) is 7.71. The Hall–Kier alpha value is -1.63. The Morgan fingerprint density at radius 1 is 1.18 bits per heavy atom. The van der Waals surface area contributed by atoms with Gasteiger partial charge >= 0.3 is 6.09 Å². The van der Waals surface area contributed by atoms with E-state index in [-0.39, 0.29) is 23.1 Å². The Bertz CT molecular complexity index is 795. The van der Waals surface area contributed by atoms with Crippen molar-refractivity contribution in [1.82, 2.24) is 4.90 Å². The minimum Gasteiger partial charge on any atom is -0.444 e. The van der Waals surface area contributed by atoms with E-state index in [0.717, 1.165) is 24.8 Å². The van der Waals surface area contributed by atoms with E-state index in [1.165, 1.54) is 0 Å². The van der Waals surface area contributed by atoms with Crippen molar-refractivity contribution in [2.75, 3.05) is 13.2 Å². The standard InChI is InChI=1S/C28H47NO4Si/c1-10-11-15-22(20-32-34(8,9)28(5,6)7)18-19-25-29(26(30)33-27(2,3)4)24(21-31-25)23-16-13-12-14-17-23/h12-14,16-19,22,24-25H,10-11,15,20-21H2,1-9H3/b19-18+/t22-,24-,25+/m0/s1. The van der Waals surface area contributed by atoms with Crippen molar-refractivity contribution in [2.45, 2.75) is 104 Å². The fourth-order valence-electron chi connectivity index (χ4n) is 3.64. The van der Waals surface area contributed by atoms with Gasteiger partial charge in [0, 0.05) is 6.61 Å². The van der Waals surface area contributed by atoms with Crippen LogP contribution in [0.3, 0.4) is 0 Å². The zero-order chi connectivity index (χ0) is 25.6. The molecule has 0 aromatic heterocycles. The van der Waals surface area contributed by atoms with E-state index >= 15 is 0 Å². The molecule has 1 aliphatic rings. The van der Waals surface area contributed by atoms with Gasteiger partial charge in [-0.3, -0.25) is 4.90 Å². The van der Waals surface area contributed by atoms with E-state index in [4.69, 9.17) is 13.9 Å². The first-order chi connectivity index (χ1) is 15.7. The summed E-state index contributed by atoms with van der Waals surface area (Å²) < 4.78 is 18.4. The molecular weight excluding hydrogens is 442 g/mol. The summed E-state index contributed by atoms with van der Waals surface area (Å²) in [7, 11) is -1.83. The third-order valence-electron chi connectivity index (χ3n) is 6.76. The fraction of sp³-hybridized carbons (Fsp3) is 0.679. The Morgan fingerprint density at radius 3 is 2.38 bits per heavy atom. The third-order valence-corrected chi connectivity index (χ3v) is 11.3. The number of rotatable bonds is 9. The van der Waals surface area contributed by atoms with Gasteiger partial charge in [-0.2, -0.15) is 0 Å². The molecule has 3 atom stereocenters. The van der Waals surface area contributed by atoms with Crippen LogP contribution >= 0.6 is 0 Å². The van der Waals surface area contributed by atoms with E-state index in [1.54, 1.807) is 4.90 Å². The Labute approximate surface area is 209 Å². The second-order valence-electron chi connectivity index (χ2n) is 11.9. The molecule has 0 spiro atoms. The van der Waals surface area contributed by atoms with Gasteiger partial charge in [0.05, 0.1) is 12.6 Å². The zero-order valence-electron chi connectivity index (χ0n) is 22.9. The van der Waals surface area contributed by atoms with Gasteiger partial charge in [-0.05, 0) is 62.9 Å². The minimum absolute atomic E-state index is 0.178. The van der Waals surface area contributed by atoms with Crippen LogP contribution in [0.4, 0.5) is 4.79 Å². The van der Waals surface area contributed by atoms with Crippen LogP contribution in [0.25, 0.3) is 0 Å². The van der Waals surface area contributed by atoms with Crippen molar-refractivity contribution in [2.24, 2.45) is 5.92 Å². The zero-order valence-corrected chi connectivity index (χ0v) is 23.9. The fourth-order valence-corrected chi connectivity index (χ4v) is 4.70. The largest absolute Gasteiger partial charge is 0.444 e. The van der Waals surface area contributed by atoms with Crippen LogP contribution < -0.4 is 0 Å². The first-order valence-corrected chi connectivity index (χ1v) is 15.7. The smallest absolute Gasteiger partial charge is 0.413 e. The molecule has 0 radical (unpaired) electrons. The average Bonchev–Trinajstić information content (AvgIpc) is 3.16. The molecule has 1 amide bonds. The van der Waals surface area contributed by atoms with Crippen LogP contribution in [-0.4, -0.2) is 44.4 Å². The summed E-state index contributed by atoms with van der Waals surface area (Å²) in [5.41, 5.74) is 0.476. The maximum Gasteiger partial charge on any atom is 0.413 e. The molecule has 34 heavy (non-hydrogen) atoms. The van der Waals surface area contributed by atoms with Gasteiger partial charge in [0.1, 0.15) is 5.60 Å². The lowest BCUT2D eigenvalue weighted by Gasteiger charge is -2.37. The molecule has 0 unspecified atom stereocenters. The van der Waals surface area contributed by atoms with Crippen molar-refractivity contribution in [3.8, 4) is 0 Å². The molecule has 1 aliphatic heterocycles. The number of unbranched alkanes of at least 4 members (excludes halogenated alkanes) is 1. The molecule has 0 N–H and O–H groups in total. The second kappa shape index (κ2) is 11.9. The monoisotopic (exact) mass is 489 g/mol. The molecule has 1 heterocycles. The van der Waals surface area contributed by atoms with Crippen molar-refractivity contribution < 1.29 is 18.7 Å². The first kappa shape index (κ1) is 28.6. The number of hydrogen-bond acceptors (Lipinski definition) is 4. The van der Waals surface area contributed by atoms with Crippen LogP contribution in [0, 0.1) is 5.92 Å². The summed E-state index contributed by atoms with van der Waals surface area (Å²) in [6.45, 7) is 20.4. The van der Waals surface area contributed by atoms with Gasteiger partial charge in [0.15, 0.2) is 14.5 Å².